The van der Waals surface area contributed by atoms with Crippen LogP contribution in [0.4, 0.5) is 0 Å². The number of methoxy groups -OCH3 is 1. The summed E-state index contributed by atoms with van der Waals surface area (Å²) in [6.07, 6.45) is 0.248. The lowest BCUT2D eigenvalue weighted by Gasteiger charge is -2.16. The molecular formula is C21H18ClNO6. The average molecular weight is 416 g/mol. The summed E-state index contributed by atoms with van der Waals surface area (Å²) in [5, 5.41) is 3.66. The zero-order valence-corrected chi connectivity index (χ0v) is 16.3. The van der Waals surface area contributed by atoms with E-state index in [1.54, 1.807) is 18.2 Å². The van der Waals surface area contributed by atoms with Gasteiger partial charge >= 0.3 is 11.9 Å². The molecule has 1 atom stereocenters. The predicted octanol–water partition coefficient (Wildman–Crippen LogP) is 3.14. The molecule has 1 heterocycles. The standard InChI is InChI=1S/C21H18ClNO6/c1-27-20(25)16(9-13-5-3-2-4-6-13)23-19(24)12-28-21(26)18-11-14-10-15(22)7-8-17(14)29-18/h2-8,10-11,16H,9,12H2,1H3,(H,23,24)/t16-/m1/s1. The first-order valence-corrected chi connectivity index (χ1v) is 9.11. The zero-order valence-electron chi connectivity index (χ0n) is 15.5. The minimum absolute atomic E-state index is 0.0520. The fraction of sp³-hybridized carbons (Fsp3) is 0.190. The molecule has 0 aliphatic carbocycles. The van der Waals surface area contributed by atoms with Crippen molar-refractivity contribution in [3.8, 4) is 0 Å². The molecule has 0 spiro atoms. The van der Waals surface area contributed by atoms with Crippen molar-refractivity contribution in [1.82, 2.24) is 5.32 Å². The van der Waals surface area contributed by atoms with Gasteiger partial charge in [0.1, 0.15) is 11.6 Å². The van der Waals surface area contributed by atoms with Crippen LogP contribution in [0.5, 0.6) is 0 Å². The van der Waals surface area contributed by atoms with Gasteiger partial charge in [-0.05, 0) is 29.8 Å². The molecule has 1 N–H and O–H groups in total. The Hall–Kier alpha value is -3.32. The normalized spacial score (nSPS) is 11.7. The van der Waals surface area contributed by atoms with Crippen LogP contribution < -0.4 is 5.32 Å². The summed E-state index contributed by atoms with van der Waals surface area (Å²) in [5.74, 6) is -2.08. The summed E-state index contributed by atoms with van der Waals surface area (Å²) in [4.78, 5) is 36.3. The molecule has 2 aromatic carbocycles. The van der Waals surface area contributed by atoms with Crippen LogP contribution in [0.25, 0.3) is 11.0 Å². The summed E-state index contributed by atoms with van der Waals surface area (Å²) in [5.41, 5.74) is 1.32. The van der Waals surface area contributed by atoms with Gasteiger partial charge in [-0.3, -0.25) is 4.79 Å². The summed E-state index contributed by atoms with van der Waals surface area (Å²) in [6, 6.07) is 14.7. The first-order valence-electron chi connectivity index (χ1n) is 8.73. The summed E-state index contributed by atoms with van der Waals surface area (Å²) >= 11 is 5.91. The number of hydrogen-bond acceptors (Lipinski definition) is 6. The highest BCUT2D eigenvalue weighted by Gasteiger charge is 2.23. The van der Waals surface area contributed by atoms with Crippen molar-refractivity contribution in [2.45, 2.75) is 12.5 Å². The maximum Gasteiger partial charge on any atom is 0.374 e. The van der Waals surface area contributed by atoms with Gasteiger partial charge in [0, 0.05) is 16.8 Å². The molecule has 0 unspecified atom stereocenters. The van der Waals surface area contributed by atoms with Crippen LogP contribution in [-0.4, -0.2) is 37.6 Å². The van der Waals surface area contributed by atoms with E-state index in [2.05, 4.69) is 5.32 Å². The van der Waals surface area contributed by atoms with Crippen molar-refractivity contribution in [3.05, 3.63) is 70.9 Å². The van der Waals surface area contributed by atoms with E-state index in [1.807, 2.05) is 30.3 Å². The SMILES string of the molecule is COC(=O)[C@@H](Cc1ccccc1)NC(=O)COC(=O)c1cc2cc(Cl)ccc2o1. The van der Waals surface area contributed by atoms with Gasteiger partial charge in [0.15, 0.2) is 6.61 Å². The monoisotopic (exact) mass is 415 g/mol. The Balaban J connectivity index is 1.59. The van der Waals surface area contributed by atoms with Crippen LogP contribution in [0.3, 0.4) is 0 Å². The highest BCUT2D eigenvalue weighted by atomic mass is 35.5. The van der Waals surface area contributed by atoms with Crippen LogP contribution in [0.1, 0.15) is 16.1 Å². The quantitative estimate of drug-likeness (QED) is 0.596. The molecule has 150 valence electrons. The lowest BCUT2D eigenvalue weighted by Crippen LogP contribution is -2.44. The molecule has 3 rings (SSSR count). The Morgan fingerprint density at radius 2 is 1.86 bits per heavy atom. The number of halogens is 1. The summed E-state index contributed by atoms with van der Waals surface area (Å²) < 4.78 is 15.1. The Morgan fingerprint density at radius 1 is 1.10 bits per heavy atom. The molecule has 0 saturated heterocycles. The largest absolute Gasteiger partial charge is 0.467 e. The molecule has 29 heavy (non-hydrogen) atoms. The van der Waals surface area contributed by atoms with E-state index in [9.17, 15) is 14.4 Å². The third-order valence-electron chi connectivity index (χ3n) is 4.12. The van der Waals surface area contributed by atoms with Crippen LogP contribution in [-0.2, 0) is 25.5 Å². The van der Waals surface area contributed by atoms with Gasteiger partial charge in [0.2, 0.25) is 5.76 Å². The highest BCUT2D eigenvalue weighted by Crippen LogP contribution is 2.23. The van der Waals surface area contributed by atoms with Gasteiger partial charge in [-0.2, -0.15) is 0 Å². The third kappa shape index (κ3) is 5.36. The number of esters is 2. The first kappa shape index (κ1) is 20.4. The number of nitrogens with one attached hydrogen (secondary N) is 1. The molecule has 0 radical (unpaired) electrons. The van der Waals surface area contributed by atoms with E-state index in [0.717, 1.165) is 5.56 Å². The Kier molecular flexibility index (Phi) is 6.51. The van der Waals surface area contributed by atoms with E-state index in [0.29, 0.717) is 16.0 Å². The fourth-order valence-corrected chi connectivity index (χ4v) is 2.92. The average Bonchev–Trinajstić information content (AvgIpc) is 3.15. The topological polar surface area (TPSA) is 94.8 Å². The van der Waals surface area contributed by atoms with E-state index >= 15 is 0 Å². The molecule has 8 heteroatoms. The minimum atomic E-state index is -0.901. The molecule has 0 bridgehead atoms. The number of furan rings is 1. The molecule has 7 nitrogen and oxygen atoms in total. The summed E-state index contributed by atoms with van der Waals surface area (Å²) in [7, 11) is 1.24. The lowest BCUT2D eigenvalue weighted by atomic mass is 10.1. The van der Waals surface area contributed by atoms with Gasteiger partial charge in [-0.25, -0.2) is 9.59 Å². The summed E-state index contributed by atoms with van der Waals surface area (Å²) in [6.45, 7) is -0.571. The second-order valence-electron chi connectivity index (χ2n) is 6.20. The van der Waals surface area contributed by atoms with Gasteiger partial charge in [0.25, 0.3) is 5.91 Å². The number of carbonyl (C=O) groups is 3. The lowest BCUT2D eigenvalue weighted by molar-refractivity contribution is -0.145. The van der Waals surface area contributed by atoms with Gasteiger partial charge < -0.3 is 19.2 Å². The van der Waals surface area contributed by atoms with E-state index in [-0.39, 0.29) is 12.2 Å². The highest BCUT2D eigenvalue weighted by molar-refractivity contribution is 6.31. The second-order valence-corrected chi connectivity index (χ2v) is 6.64. The Bertz CT molecular complexity index is 1030. The number of hydrogen-bond donors (Lipinski definition) is 1. The van der Waals surface area contributed by atoms with E-state index in [4.69, 9.17) is 25.5 Å². The van der Waals surface area contributed by atoms with E-state index < -0.39 is 30.5 Å². The van der Waals surface area contributed by atoms with Crippen LogP contribution in [0.2, 0.25) is 5.02 Å². The molecule has 3 aromatic rings. The van der Waals surface area contributed by atoms with Crippen molar-refractivity contribution >= 4 is 40.4 Å². The number of ether oxygens (including phenoxy) is 2. The van der Waals surface area contributed by atoms with Crippen molar-refractivity contribution < 1.29 is 28.3 Å². The maximum absolute atomic E-state index is 12.2. The fourth-order valence-electron chi connectivity index (χ4n) is 2.74. The molecule has 0 fully saturated rings. The smallest absolute Gasteiger partial charge is 0.374 e. The molecule has 0 saturated carbocycles. The minimum Gasteiger partial charge on any atom is -0.467 e. The molecule has 0 aliphatic rings. The third-order valence-corrected chi connectivity index (χ3v) is 4.35. The molecule has 1 amide bonds. The van der Waals surface area contributed by atoms with Crippen LogP contribution in [0.15, 0.2) is 59.0 Å². The number of fused-ring (bicyclic) bond motifs is 1. The number of rotatable bonds is 7. The number of carbonyl (C=O) groups excluding carboxylic acids is 3. The van der Waals surface area contributed by atoms with Gasteiger partial charge in [-0.15, -0.1) is 0 Å². The van der Waals surface area contributed by atoms with Crippen LogP contribution in [0, 0.1) is 0 Å². The van der Waals surface area contributed by atoms with Crippen molar-refractivity contribution in [3.63, 3.8) is 0 Å². The molecular weight excluding hydrogens is 398 g/mol. The maximum atomic E-state index is 12.2. The number of benzene rings is 2. The van der Waals surface area contributed by atoms with E-state index in [1.165, 1.54) is 13.2 Å². The molecule has 0 aliphatic heterocycles. The van der Waals surface area contributed by atoms with Crippen molar-refractivity contribution in [2.75, 3.05) is 13.7 Å². The van der Waals surface area contributed by atoms with Gasteiger partial charge in [0.05, 0.1) is 7.11 Å². The Labute approximate surface area is 171 Å². The number of amides is 1. The second kappa shape index (κ2) is 9.25. The molecule has 1 aromatic heterocycles. The zero-order chi connectivity index (χ0) is 20.8. The first-order chi connectivity index (χ1) is 14.0. The van der Waals surface area contributed by atoms with Crippen molar-refractivity contribution in [2.24, 2.45) is 0 Å². The van der Waals surface area contributed by atoms with Crippen molar-refractivity contribution in [1.29, 1.82) is 0 Å². The predicted molar refractivity (Wildman–Crippen MR) is 106 cm³/mol. The van der Waals surface area contributed by atoms with Crippen LogP contribution >= 0.6 is 11.6 Å². The van der Waals surface area contributed by atoms with Gasteiger partial charge in [-0.1, -0.05) is 41.9 Å². The Morgan fingerprint density at radius 3 is 2.59 bits per heavy atom.